The van der Waals surface area contributed by atoms with E-state index in [2.05, 4.69) is 24.3 Å². The summed E-state index contributed by atoms with van der Waals surface area (Å²) in [5.41, 5.74) is 0. The van der Waals surface area contributed by atoms with Crippen molar-refractivity contribution in [3.05, 3.63) is 4.65 Å². The minimum atomic E-state index is -0.944. The molecule has 0 fully saturated rings. The molecule has 0 spiro atoms. The third-order valence-corrected chi connectivity index (χ3v) is 6.04. The van der Waals surface area contributed by atoms with Crippen LogP contribution >= 0.6 is 0 Å². The normalized spacial score (nSPS) is 10.7. The summed E-state index contributed by atoms with van der Waals surface area (Å²) in [6, 6.07) is 0. The van der Waals surface area contributed by atoms with Crippen LogP contribution in [0.15, 0.2) is 0 Å². The molecule has 4 heteroatoms. The number of hydrogen-bond acceptors (Lipinski definition) is 0. The maximum atomic E-state index is 4.30. The van der Waals surface area contributed by atoms with Crippen LogP contribution in [0.4, 0.5) is 0 Å². The first kappa shape index (κ1) is 10.9. The van der Waals surface area contributed by atoms with Crippen molar-refractivity contribution < 1.29 is 18.9 Å². The van der Waals surface area contributed by atoms with Crippen LogP contribution in [0.25, 0.3) is 4.65 Å². The molecular weight excluding hydrogens is 113 g/mol. The average molecular weight is 125 g/mol. The Hall–Kier alpha value is 0.991. The second-order valence-electron chi connectivity index (χ2n) is 2.39. The summed E-state index contributed by atoms with van der Waals surface area (Å²) in [5, 5.41) is 0. The molecular formula is C3H12LiNSi2. The van der Waals surface area contributed by atoms with E-state index in [0.29, 0.717) is 0 Å². The van der Waals surface area contributed by atoms with Gasteiger partial charge in [0.25, 0.3) is 0 Å². The van der Waals surface area contributed by atoms with Crippen molar-refractivity contribution in [2.45, 2.75) is 19.6 Å². The quantitative estimate of drug-likeness (QED) is 0.343. The Kier molecular flexibility index (Phi) is 6.11. The molecule has 0 aliphatic carbocycles. The van der Waals surface area contributed by atoms with E-state index < -0.39 is 8.24 Å². The molecule has 0 radical (unpaired) electrons. The molecule has 0 aliphatic rings. The van der Waals surface area contributed by atoms with Gasteiger partial charge in [-0.05, 0) is 0 Å². The van der Waals surface area contributed by atoms with E-state index in [1.165, 1.54) is 0 Å². The molecule has 0 bridgehead atoms. The number of rotatable bonds is 1. The zero-order chi connectivity index (χ0) is 5.21. The average Bonchev–Trinajstić information content (AvgIpc) is 1.35. The van der Waals surface area contributed by atoms with Gasteiger partial charge >= 0.3 is 18.9 Å². The first-order chi connectivity index (χ1) is 2.56. The maximum Gasteiger partial charge on any atom is 1.00 e. The molecule has 7 heavy (non-hydrogen) atoms. The molecule has 0 N–H and O–H groups in total. The molecule has 0 aromatic rings. The van der Waals surface area contributed by atoms with E-state index in [9.17, 15) is 0 Å². The third-order valence-electron chi connectivity index (χ3n) is 0.671. The van der Waals surface area contributed by atoms with Crippen LogP contribution < -0.4 is 18.9 Å². The van der Waals surface area contributed by atoms with Gasteiger partial charge in [-0.25, -0.2) is 0 Å². The molecule has 0 rings (SSSR count). The topological polar surface area (TPSA) is 14.1 Å². The van der Waals surface area contributed by atoms with Gasteiger partial charge in [0.1, 0.15) is 0 Å². The Labute approximate surface area is 62.0 Å². The molecule has 1 nitrogen and oxygen atoms in total. The van der Waals surface area contributed by atoms with Crippen LogP contribution in [-0.4, -0.2) is 18.6 Å². The number of hydrogen-bond donors (Lipinski definition) is 0. The molecule has 0 saturated heterocycles. The minimum Gasteiger partial charge on any atom is -0.675 e. The summed E-state index contributed by atoms with van der Waals surface area (Å²) in [5.74, 6) is 0. The molecule has 0 heterocycles. The number of nitrogens with zero attached hydrogens (tertiary/aromatic N) is 1. The van der Waals surface area contributed by atoms with Crippen molar-refractivity contribution >= 4 is 18.6 Å². The van der Waals surface area contributed by atoms with Gasteiger partial charge in [-0.3, -0.25) is 0 Å². The van der Waals surface area contributed by atoms with Crippen LogP contribution in [0.3, 0.4) is 0 Å². The van der Waals surface area contributed by atoms with Crippen LogP contribution in [0.1, 0.15) is 0 Å². The Bertz CT molecular complexity index is 42.7. The molecule has 0 saturated carbocycles. The molecule has 0 atom stereocenters. The summed E-state index contributed by atoms with van der Waals surface area (Å²) in [7, 11) is 0.0903. The van der Waals surface area contributed by atoms with Gasteiger partial charge in [0.2, 0.25) is 0 Å². The van der Waals surface area contributed by atoms with Gasteiger partial charge in [0, 0.05) is 0 Å². The molecule has 0 aliphatic heterocycles. The fourth-order valence-electron chi connectivity index (χ4n) is 0. The zero-order valence-corrected chi connectivity index (χ0v) is 8.95. The van der Waals surface area contributed by atoms with Crippen LogP contribution in [0.2, 0.25) is 19.6 Å². The Morgan fingerprint density at radius 2 is 1.43 bits per heavy atom. The summed E-state index contributed by atoms with van der Waals surface area (Å²) < 4.78 is 4.30. The predicted octanol–water partition coefficient (Wildman–Crippen LogP) is -2.52. The van der Waals surface area contributed by atoms with Gasteiger partial charge in [0.15, 0.2) is 0 Å². The van der Waals surface area contributed by atoms with Crippen LogP contribution in [0.5, 0.6) is 0 Å². The van der Waals surface area contributed by atoms with Crippen molar-refractivity contribution in [3.63, 3.8) is 0 Å². The van der Waals surface area contributed by atoms with E-state index in [-0.39, 0.29) is 18.9 Å². The smallest absolute Gasteiger partial charge is 0.675 e. The van der Waals surface area contributed by atoms with Crippen LogP contribution in [-0.2, 0) is 0 Å². The standard InChI is InChI=1S/C3H12NSi2.Li/c1-6(2,3)4-5;/h1-3,5H3;/q-1;+1. The molecule has 0 aromatic heterocycles. The van der Waals surface area contributed by atoms with E-state index >= 15 is 0 Å². The van der Waals surface area contributed by atoms with Crippen LogP contribution in [0, 0.1) is 0 Å². The van der Waals surface area contributed by atoms with E-state index in [1.807, 2.05) is 0 Å². The summed E-state index contributed by atoms with van der Waals surface area (Å²) >= 11 is 0. The monoisotopic (exact) mass is 125 g/mol. The molecule has 0 amide bonds. The van der Waals surface area contributed by atoms with Gasteiger partial charge in [-0.15, -0.1) is 10.4 Å². The maximum absolute atomic E-state index is 4.30. The fourth-order valence-corrected chi connectivity index (χ4v) is 0. The summed E-state index contributed by atoms with van der Waals surface area (Å²) in [4.78, 5) is 0. The SMILES string of the molecule is C[Si](C)(C)[N-][SiH3].[Li+]. The van der Waals surface area contributed by atoms with Gasteiger partial charge in [-0.2, -0.15) is 0 Å². The Morgan fingerprint density at radius 3 is 1.43 bits per heavy atom. The van der Waals surface area contributed by atoms with Crippen molar-refractivity contribution in [1.29, 1.82) is 0 Å². The molecule has 38 valence electrons. The molecule has 0 unspecified atom stereocenters. The molecule has 0 aromatic carbocycles. The third kappa shape index (κ3) is 10.9. The van der Waals surface area contributed by atoms with Crippen molar-refractivity contribution in [2.24, 2.45) is 0 Å². The fraction of sp³-hybridized carbons (Fsp3) is 1.00. The predicted molar refractivity (Wildman–Crippen MR) is 36.6 cm³/mol. The van der Waals surface area contributed by atoms with Crippen molar-refractivity contribution in [3.8, 4) is 0 Å². The Balaban J connectivity index is 0. The van der Waals surface area contributed by atoms with Crippen molar-refractivity contribution in [1.82, 2.24) is 0 Å². The van der Waals surface area contributed by atoms with Gasteiger partial charge < -0.3 is 4.65 Å². The zero-order valence-electron chi connectivity index (χ0n) is 5.95. The first-order valence-electron chi connectivity index (χ1n) is 2.17. The second kappa shape index (κ2) is 3.93. The van der Waals surface area contributed by atoms with Gasteiger partial charge in [-0.1, -0.05) is 27.9 Å². The summed E-state index contributed by atoms with van der Waals surface area (Å²) in [6.07, 6.45) is 0. The second-order valence-corrected chi connectivity index (χ2v) is 8.52. The first-order valence-corrected chi connectivity index (χ1v) is 6.51. The minimum absolute atomic E-state index is 0. The largest absolute Gasteiger partial charge is 1.00 e. The van der Waals surface area contributed by atoms with Gasteiger partial charge in [0.05, 0.1) is 0 Å². The summed E-state index contributed by atoms with van der Waals surface area (Å²) in [6.45, 7) is 6.75. The van der Waals surface area contributed by atoms with E-state index in [4.69, 9.17) is 0 Å². The Morgan fingerprint density at radius 1 is 1.29 bits per heavy atom. The van der Waals surface area contributed by atoms with E-state index in [1.54, 1.807) is 0 Å². The van der Waals surface area contributed by atoms with Crippen molar-refractivity contribution in [2.75, 3.05) is 0 Å². The van der Waals surface area contributed by atoms with E-state index in [0.717, 1.165) is 10.4 Å².